The maximum Gasteiger partial charge on any atom is 0.157 e. The zero-order chi connectivity index (χ0) is 16.5. The van der Waals surface area contributed by atoms with E-state index in [0.29, 0.717) is 6.54 Å². The predicted molar refractivity (Wildman–Crippen MR) is 95.1 cm³/mol. The monoisotopic (exact) mass is 336 g/mol. The third-order valence-corrected chi connectivity index (χ3v) is 4.82. The highest BCUT2D eigenvalue weighted by Gasteiger charge is 2.10. The van der Waals surface area contributed by atoms with Gasteiger partial charge < -0.3 is 5.32 Å². The molecule has 0 bridgehead atoms. The molecule has 0 radical (unpaired) electrons. The van der Waals surface area contributed by atoms with Crippen LogP contribution in [0, 0.1) is 13.8 Å². The normalized spacial score (nSPS) is 11.1. The van der Waals surface area contributed by atoms with Crippen molar-refractivity contribution >= 4 is 22.8 Å². The largest absolute Gasteiger partial charge is 0.365 e. The zero-order valence-electron chi connectivity index (χ0n) is 13.4. The lowest BCUT2D eigenvalue weighted by Crippen LogP contribution is -2.06. The van der Waals surface area contributed by atoms with E-state index >= 15 is 0 Å². The Labute approximate surface area is 143 Å². The van der Waals surface area contributed by atoms with E-state index in [1.54, 1.807) is 23.7 Å². The molecular weight excluding hydrogens is 320 g/mol. The molecule has 0 aromatic carbocycles. The summed E-state index contributed by atoms with van der Waals surface area (Å²) in [6.07, 6.45) is 5.33. The summed E-state index contributed by atoms with van der Waals surface area (Å²) < 4.78 is 1.81. The van der Waals surface area contributed by atoms with Crippen molar-refractivity contribution in [3.63, 3.8) is 0 Å². The first kappa shape index (κ1) is 14.8. The lowest BCUT2D eigenvalue weighted by atomic mass is 10.2. The summed E-state index contributed by atoms with van der Waals surface area (Å²) in [6.45, 7) is 4.78. The number of pyridine rings is 1. The summed E-state index contributed by atoms with van der Waals surface area (Å²) in [4.78, 5) is 14.5. The average molecular weight is 336 g/mol. The van der Waals surface area contributed by atoms with Gasteiger partial charge in [0.05, 0.1) is 29.1 Å². The maximum atomic E-state index is 4.65. The maximum absolute atomic E-state index is 4.65. The Morgan fingerprint density at radius 3 is 2.83 bits per heavy atom. The quantitative estimate of drug-likeness (QED) is 0.618. The minimum Gasteiger partial charge on any atom is -0.365 e. The number of fused-ring (bicyclic) bond motifs is 1. The first-order valence-corrected chi connectivity index (χ1v) is 8.44. The van der Waals surface area contributed by atoms with Gasteiger partial charge in [0.1, 0.15) is 5.82 Å². The van der Waals surface area contributed by atoms with Crippen LogP contribution in [-0.4, -0.2) is 24.6 Å². The SMILES string of the molecule is Cc1nc(C)c(CNc2cc(-c3cccnc3)nc3ccnn23)s1. The Hall–Kier alpha value is -2.80. The van der Waals surface area contributed by atoms with Gasteiger partial charge in [0.2, 0.25) is 0 Å². The molecule has 4 heterocycles. The number of hydrogen-bond donors (Lipinski definition) is 1. The fourth-order valence-electron chi connectivity index (χ4n) is 2.61. The van der Waals surface area contributed by atoms with Crippen LogP contribution in [0.3, 0.4) is 0 Å². The lowest BCUT2D eigenvalue weighted by molar-refractivity contribution is 0.927. The topological polar surface area (TPSA) is 68.0 Å². The molecule has 120 valence electrons. The van der Waals surface area contributed by atoms with E-state index in [1.165, 1.54) is 4.88 Å². The number of rotatable bonds is 4. The van der Waals surface area contributed by atoms with Crippen molar-refractivity contribution in [1.29, 1.82) is 0 Å². The Kier molecular flexibility index (Phi) is 3.70. The van der Waals surface area contributed by atoms with Crippen molar-refractivity contribution < 1.29 is 0 Å². The molecule has 4 aromatic rings. The van der Waals surface area contributed by atoms with E-state index < -0.39 is 0 Å². The summed E-state index contributed by atoms with van der Waals surface area (Å²) in [7, 11) is 0. The molecule has 0 aliphatic carbocycles. The van der Waals surface area contributed by atoms with E-state index in [-0.39, 0.29) is 0 Å². The average Bonchev–Trinajstić information content (AvgIpc) is 3.19. The van der Waals surface area contributed by atoms with Gasteiger partial charge in [0.15, 0.2) is 5.65 Å². The Morgan fingerprint density at radius 1 is 1.17 bits per heavy atom. The van der Waals surface area contributed by atoms with Crippen molar-refractivity contribution in [2.24, 2.45) is 0 Å². The van der Waals surface area contributed by atoms with Crippen LogP contribution in [0.2, 0.25) is 0 Å². The molecule has 0 aliphatic rings. The van der Waals surface area contributed by atoms with Gasteiger partial charge in [-0.2, -0.15) is 9.61 Å². The number of thiazole rings is 1. The van der Waals surface area contributed by atoms with Crippen LogP contribution >= 0.6 is 11.3 Å². The number of nitrogens with one attached hydrogen (secondary N) is 1. The fourth-order valence-corrected chi connectivity index (χ4v) is 3.49. The Balaban J connectivity index is 1.71. The second-order valence-corrected chi connectivity index (χ2v) is 6.75. The summed E-state index contributed by atoms with van der Waals surface area (Å²) >= 11 is 1.71. The Bertz CT molecular complexity index is 989. The molecule has 1 N–H and O–H groups in total. The molecule has 0 aliphatic heterocycles. The van der Waals surface area contributed by atoms with Crippen LogP contribution in [0.15, 0.2) is 42.9 Å². The molecule has 6 nitrogen and oxygen atoms in total. The van der Waals surface area contributed by atoms with E-state index in [2.05, 4.69) is 25.4 Å². The van der Waals surface area contributed by atoms with Gasteiger partial charge in [-0.1, -0.05) is 0 Å². The van der Waals surface area contributed by atoms with Gasteiger partial charge in [-0.3, -0.25) is 4.98 Å². The molecule has 0 spiro atoms. The van der Waals surface area contributed by atoms with E-state index in [0.717, 1.165) is 33.4 Å². The van der Waals surface area contributed by atoms with Crippen LogP contribution in [0.4, 0.5) is 5.82 Å². The van der Waals surface area contributed by atoms with Gasteiger partial charge in [-0.15, -0.1) is 11.3 Å². The first-order valence-electron chi connectivity index (χ1n) is 7.62. The smallest absolute Gasteiger partial charge is 0.157 e. The first-order chi connectivity index (χ1) is 11.7. The van der Waals surface area contributed by atoms with E-state index in [1.807, 2.05) is 48.8 Å². The molecule has 0 saturated carbocycles. The van der Waals surface area contributed by atoms with Crippen LogP contribution in [0.25, 0.3) is 16.9 Å². The number of aromatic nitrogens is 5. The molecular formula is C17H16N6S. The summed E-state index contributed by atoms with van der Waals surface area (Å²) in [5, 5.41) is 8.90. The van der Waals surface area contributed by atoms with Gasteiger partial charge in [0, 0.05) is 35.0 Å². The molecule has 0 saturated heterocycles. The van der Waals surface area contributed by atoms with Gasteiger partial charge >= 0.3 is 0 Å². The molecule has 4 aromatic heterocycles. The number of anilines is 1. The van der Waals surface area contributed by atoms with Crippen molar-refractivity contribution in [2.45, 2.75) is 20.4 Å². The fraction of sp³-hybridized carbons (Fsp3) is 0.176. The van der Waals surface area contributed by atoms with E-state index in [9.17, 15) is 0 Å². The summed E-state index contributed by atoms with van der Waals surface area (Å²) in [5.74, 6) is 0.898. The molecule has 7 heteroatoms. The van der Waals surface area contributed by atoms with Crippen molar-refractivity contribution in [2.75, 3.05) is 5.32 Å². The van der Waals surface area contributed by atoms with Crippen LogP contribution in [0.1, 0.15) is 15.6 Å². The molecule has 24 heavy (non-hydrogen) atoms. The predicted octanol–water partition coefficient (Wildman–Crippen LogP) is 3.48. The van der Waals surface area contributed by atoms with Crippen LogP contribution in [-0.2, 0) is 6.54 Å². The number of aryl methyl sites for hydroxylation is 2. The minimum atomic E-state index is 0.711. The summed E-state index contributed by atoms with van der Waals surface area (Å²) in [6, 6.07) is 7.81. The van der Waals surface area contributed by atoms with Crippen LogP contribution in [0.5, 0.6) is 0 Å². The second-order valence-electron chi connectivity index (χ2n) is 5.46. The van der Waals surface area contributed by atoms with Gasteiger partial charge in [0.25, 0.3) is 0 Å². The third-order valence-electron chi connectivity index (χ3n) is 3.75. The van der Waals surface area contributed by atoms with Gasteiger partial charge in [-0.25, -0.2) is 9.97 Å². The highest BCUT2D eigenvalue weighted by atomic mass is 32.1. The number of nitrogens with zero attached hydrogens (tertiary/aromatic N) is 5. The van der Waals surface area contributed by atoms with Gasteiger partial charge in [-0.05, 0) is 26.0 Å². The molecule has 0 amide bonds. The highest BCUT2D eigenvalue weighted by Crippen LogP contribution is 2.23. The lowest BCUT2D eigenvalue weighted by Gasteiger charge is -2.10. The summed E-state index contributed by atoms with van der Waals surface area (Å²) in [5.41, 5.74) is 3.73. The zero-order valence-corrected chi connectivity index (χ0v) is 14.2. The second kappa shape index (κ2) is 6.01. The van der Waals surface area contributed by atoms with Crippen LogP contribution < -0.4 is 5.32 Å². The molecule has 4 rings (SSSR count). The van der Waals surface area contributed by atoms with Crippen molar-refractivity contribution in [1.82, 2.24) is 24.6 Å². The van der Waals surface area contributed by atoms with E-state index in [4.69, 9.17) is 0 Å². The minimum absolute atomic E-state index is 0.711. The molecule has 0 atom stereocenters. The third kappa shape index (κ3) is 2.74. The van der Waals surface area contributed by atoms with Crippen molar-refractivity contribution in [3.05, 3.63) is 58.4 Å². The van der Waals surface area contributed by atoms with Crippen molar-refractivity contribution in [3.8, 4) is 11.3 Å². The standard InChI is InChI=1S/C17H16N6S/c1-11-15(24-12(2)21-11)10-19-17-8-14(13-4-3-6-18-9-13)22-16-5-7-20-23(16)17/h3-9,19H,10H2,1-2H3. The number of hydrogen-bond acceptors (Lipinski definition) is 6. The molecule has 0 unspecified atom stereocenters. The highest BCUT2D eigenvalue weighted by molar-refractivity contribution is 7.11. The molecule has 0 fully saturated rings. The Morgan fingerprint density at radius 2 is 2.08 bits per heavy atom.